The molecule has 5 fully saturated rings. The van der Waals surface area contributed by atoms with E-state index in [1.807, 2.05) is 54.7 Å². The summed E-state index contributed by atoms with van der Waals surface area (Å²) in [6.45, 7) is 0.406. The number of carbonyl (C=O) groups excluding carboxylic acids is 7. The van der Waals surface area contributed by atoms with Crippen LogP contribution >= 0.6 is 0 Å². The number of aromatic amines is 2. The van der Waals surface area contributed by atoms with Gasteiger partial charge in [0.1, 0.15) is 35.7 Å². The van der Waals surface area contributed by atoms with E-state index in [2.05, 4.69) is 36.6 Å². The van der Waals surface area contributed by atoms with Gasteiger partial charge in [-0.15, -0.1) is 0 Å². The second-order valence-electron chi connectivity index (χ2n) is 19.6. The van der Waals surface area contributed by atoms with E-state index in [1.165, 1.54) is 4.90 Å². The summed E-state index contributed by atoms with van der Waals surface area (Å²) in [5.41, 5.74) is 13.5. The number of carbonyl (C=O) groups is 7. The average Bonchev–Trinajstić information content (AvgIpc) is 4.21. The Kier molecular flexibility index (Phi) is 13.9. The van der Waals surface area contributed by atoms with Gasteiger partial charge in [0.05, 0.1) is 6.04 Å². The van der Waals surface area contributed by atoms with Crippen molar-refractivity contribution in [1.29, 1.82) is 0 Å². The van der Waals surface area contributed by atoms with Gasteiger partial charge in [-0.25, -0.2) is 0 Å². The van der Waals surface area contributed by atoms with Gasteiger partial charge >= 0.3 is 0 Å². The Morgan fingerprint density at radius 1 is 0.721 bits per heavy atom. The summed E-state index contributed by atoms with van der Waals surface area (Å²) < 4.78 is 0. The third kappa shape index (κ3) is 9.44. The number of fused-ring (bicyclic) bond motifs is 6. The maximum Gasteiger partial charge on any atom is 0.246 e. The van der Waals surface area contributed by atoms with Crippen LogP contribution in [0.15, 0.2) is 60.9 Å². The van der Waals surface area contributed by atoms with Crippen LogP contribution in [-0.2, 0) is 46.4 Å². The summed E-state index contributed by atoms with van der Waals surface area (Å²) in [5.74, 6) is -3.44. The summed E-state index contributed by atoms with van der Waals surface area (Å²) in [5, 5.41) is 16.7. The lowest BCUT2D eigenvalue weighted by molar-refractivity contribution is -0.150. The van der Waals surface area contributed by atoms with E-state index in [4.69, 9.17) is 11.5 Å². The molecule has 362 valence electrons. The van der Waals surface area contributed by atoms with Crippen LogP contribution in [0.1, 0.15) is 94.6 Å². The molecule has 0 bridgehead atoms. The Morgan fingerprint density at radius 2 is 1.35 bits per heavy atom. The Bertz CT molecular complexity index is 2550. The topological polar surface area (TPSA) is 270 Å². The van der Waals surface area contributed by atoms with Crippen LogP contribution in [0.3, 0.4) is 0 Å². The SMILES string of the molecule is NCCC(N)C(=O)NCC[C@@H]1NC(=O)[C@H](Cc2c[nH]c3ccccc23)NC(=O)C2(CCCC2)NC(=O)[C@H](Cc2c[nH]c3ccccc23)NC(=O)[C@H]2C[C@H]3CCCC[C@H]3N2C(=O)[C@H]2CCCN2C1=O. The molecule has 9 rings (SSSR count). The zero-order valence-electron chi connectivity index (χ0n) is 38.5. The molecule has 8 atom stereocenters. The molecule has 7 amide bonds. The van der Waals surface area contributed by atoms with Crippen LogP contribution in [0.4, 0.5) is 0 Å². The minimum Gasteiger partial charge on any atom is -0.361 e. The monoisotopic (exact) mass is 932 g/mol. The number of para-hydroxylation sites is 2. The Balaban J connectivity index is 1.10. The lowest BCUT2D eigenvalue weighted by Gasteiger charge is -2.38. The van der Waals surface area contributed by atoms with E-state index in [-0.39, 0.29) is 76.0 Å². The number of H-pyrrole nitrogens is 2. The van der Waals surface area contributed by atoms with Gasteiger partial charge in [0, 0.05) is 66.2 Å². The fraction of sp³-hybridized carbons (Fsp3) is 0.540. The van der Waals surface area contributed by atoms with E-state index in [0.29, 0.717) is 38.5 Å². The van der Waals surface area contributed by atoms with Crippen molar-refractivity contribution in [2.45, 2.75) is 144 Å². The molecular weight excluding hydrogens is 867 g/mol. The molecule has 18 heteroatoms. The maximum absolute atomic E-state index is 15.2. The first kappa shape index (κ1) is 46.8. The highest BCUT2D eigenvalue weighted by Gasteiger charge is 2.52. The number of hydrogen-bond donors (Lipinski definition) is 9. The number of hydrogen-bond acceptors (Lipinski definition) is 9. The van der Waals surface area contributed by atoms with Crippen LogP contribution in [0.5, 0.6) is 0 Å². The second kappa shape index (κ2) is 20.1. The third-order valence-corrected chi connectivity index (χ3v) is 15.3. The van der Waals surface area contributed by atoms with E-state index in [1.54, 1.807) is 11.1 Å². The van der Waals surface area contributed by atoms with Crippen molar-refractivity contribution in [3.63, 3.8) is 0 Å². The average molecular weight is 932 g/mol. The fourth-order valence-electron chi connectivity index (χ4n) is 11.7. The predicted octanol–water partition coefficient (Wildman–Crippen LogP) is 1.66. The van der Waals surface area contributed by atoms with Gasteiger partial charge in [-0.2, -0.15) is 0 Å². The number of aromatic nitrogens is 2. The molecule has 1 spiro atoms. The molecule has 0 radical (unpaired) electrons. The minimum absolute atomic E-state index is 0.0280. The highest BCUT2D eigenvalue weighted by molar-refractivity contribution is 6.01. The molecule has 1 unspecified atom stereocenters. The van der Waals surface area contributed by atoms with Crippen LogP contribution in [0.2, 0.25) is 0 Å². The molecular formula is C50H65N11O7. The van der Waals surface area contributed by atoms with Crippen LogP contribution in [0, 0.1) is 5.92 Å². The largest absolute Gasteiger partial charge is 0.361 e. The number of benzene rings is 2. The van der Waals surface area contributed by atoms with E-state index in [9.17, 15) is 24.0 Å². The molecule has 11 N–H and O–H groups in total. The Morgan fingerprint density at radius 3 is 2.03 bits per heavy atom. The summed E-state index contributed by atoms with van der Waals surface area (Å²) >= 11 is 0. The van der Waals surface area contributed by atoms with Crippen LogP contribution in [0.25, 0.3) is 21.8 Å². The van der Waals surface area contributed by atoms with Gasteiger partial charge in [-0.05, 0) is 93.5 Å². The Hall–Kier alpha value is -6.27. The molecule has 3 saturated heterocycles. The number of rotatable bonds is 10. The Labute approximate surface area is 395 Å². The second-order valence-corrected chi connectivity index (χ2v) is 19.6. The standard InChI is InChI=1S/C50H65N11O7/c51-21-17-34(52)43(62)53-22-18-37-47(66)60-23-9-16-41(60)48(67)61-40-15-6-1-10-29(40)26-42(61)46(65)57-39(25-31-28-55-36-14-5-3-12-33(31)36)45(64)59-50(19-7-8-20-50)49(68)58-38(44(63)56-37)24-30-27-54-35-13-4-2-11-32(30)35/h2-5,11-14,27-29,34,37-42,54-55H,1,6-10,15-26,51-52H2,(H,53,62)(H,56,63)(H,57,65)(H,58,68)(H,59,64)/t29-,34?,37+,38+,39+,40-,41-,42-/m1/s1. The number of nitrogens with zero attached hydrogens (tertiary/aromatic N) is 2. The third-order valence-electron chi connectivity index (χ3n) is 15.3. The lowest BCUT2D eigenvalue weighted by atomic mass is 9.84. The maximum atomic E-state index is 15.2. The van der Waals surface area contributed by atoms with Crippen molar-refractivity contribution in [2.24, 2.45) is 17.4 Å². The van der Waals surface area contributed by atoms with Gasteiger partial charge < -0.3 is 57.8 Å². The minimum atomic E-state index is -1.43. The van der Waals surface area contributed by atoms with Crippen molar-refractivity contribution in [3.8, 4) is 0 Å². The zero-order chi connectivity index (χ0) is 47.5. The quantitative estimate of drug-likeness (QED) is 0.112. The number of nitrogens with two attached hydrogens (primary N) is 2. The van der Waals surface area contributed by atoms with Crippen molar-refractivity contribution < 1.29 is 33.6 Å². The van der Waals surface area contributed by atoms with Gasteiger partial charge in [0.2, 0.25) is 41.4 Å². The first-order valence-electron chi connectivity index (χ1n) is 24.6. The van der Waals surface area contributed by atoms with Gasteiger partial charge in [-0.3, -0.25) is 33.6 Å². The molecule has 18 nitrogen and oxygen atoms in total. The number of nitrogens with one attached hydrogen (secondary N) is 7. The van der Waals surface area contributed by atoms with Crippen molar-refractivity contribution in [3.05, 3.63) is 72.1 Å². The molecule has 4 aromatic rings. The van der Waals surface area contributed by atoms with Crippen LogP contribution < -0.4 is 38.1 Å². The van der Waals surface area contributed by atoms with E-state index in [0.717, 1.165) is 52.2 Å². The highest BCUT2D eigenvalue weighted by Crippen LogP contribution is 2.41. The van der Waals surface area contributed by atoms with Crippen molar-refractivity contribution >= 4 is 63.2 Å². The van der Waals surface area contributed by atoms with Crippen molar-refractivity contribution in [2.75, 3.05) is 19.6 Å². The molecule has 68 heavy (non-hydrogen) atoms. The summed E-state index contributed by atoms with van der Waals surface area (Å²) in [6.07, 6.45) is 10.5. The van der Waals surface area contributed by atoms with Gasteiger partial charge in [0.25, 0.3) is 0 Å². The van der Waals surface area contributed by atoms with Gasteiger partial charge in [0.15, 0.2) is 0 Å². The predicted molar refractivity (Wildman–Crippen MR) is 254 cm³/mol. The molecule has 3 aliphatic heterocycles. The van der Waals surface area contributed by atoms with Crippen LogP contribution in [-0.4, -0.2) is 129 Å². The molecule has 2 aromatic heterocycles. The number of amides is 7. The van der Waals surface area contributed by atoms with Gasteiger partial charge in [-0.1, -0.05) is 62.1 Å². The molecule has 2 aromatic carbocycles. The summed E-state index contributed by atoms with van der Waals surface area (Å²) in [7, 11) is 0. The highest BCUT2D eigenvalue weighted by atomic mass is 16.2. The van der Waals surface area contributed by atoms with E-state index >= 15 is 9.59 Å². The molecule has 5 heterocycles. The summed E-state index contributed by atoms with van der Waals surface area (Å²) in [4.78, 5) is 113. The zero-order valence-corrected chi connectivity index (χ0v) is 38.5. The first-order valence-corrected chi connectivity index (χ1v) is 24.6. The molecule has 5 aliphatic rings. The van der Waals surface area contributed by atoms with Crippen molar-refractivity contribution in [1.82, 2.24) is 46.4 Å². The molecule has 2 aliphatic carbocycles. The first-order chi connectivity index (χ1) is 32.9. The normalized spacial score (nSPS) is 27.5. The smallest absolute Gasteiger partial charge is 0.246 e. The molecule has 2 saturated carbocycles. The lowest BCUT2D eigenvalue weighted by Crippen LogP contribution is -2.65. The fourth-order valence-corrected chi connectivity index (χ4v) is 11.7. The summed E-state index contributed by atoms with van der Waals surface area (Å²) in [6, 6.07) is 8.79. The van der Waals surface area contributed by atoms with E-state index < -0.39 is 77.2 Å².